The van der Waals surface area contributed by atoms with Crippen LogP contribution >= 0.6 is 0 Å². The van der Waals surface area contributed by atoms with Gasteiger partial charge in [-0.05, 0) is 30.9 Å². The van der Waals surface area contributed by atoms with Crippen molar-refractivity contribution in [3.63, 3.8) is 0 Å². The summed E-state index contributed by atoms with van der Waals surface area (Å²) in [5, 5.41) is 22.1. The van der Waals surface area contributed by atoms with Gasteiger partial charge in [0.25, 0.3) is 5.69 Å². The predicted octanol–water partition coefficient (Wildman–Crippen LogP) is 2.89. The van der Waals surface area contributed by atoms with Crippen LogP contribution in [0, 0.1) is 16.0 Å². The van der Waals surface area contributed by atoms with Crippen LogP contribution in [0.2, 0.25) is 0 Å². The average Bonchev–Trinajstić information content (AvgIpc) is 3.18. The van der Waals surface area contributed by atoms with E-state index in [-0.39, 0.29) is 11.6 Å². The molecule has 0 heterocycles. The summed E-state index contributed by atoms with van der Waals surface area (Å²) in [7, 11) is 0. The fourth-order valence-electron chi connectivity index (χ4n) is 2.00. The molecule has 0 spiro atoms. The number of carboxylic acid groups (broad SMARTS) is 1. The second-order valence-corrected chi connectivity index (χ2v) is 4.78. The van der Waals surface area contributed by atoms with Crippen molar-refractivity contribution in [1.29, 1.82) is 0 Å². The number of carboxylic acids is 1. The zero-order chi connectivity index (χ0) is 15.8. The van der Waals surface area contributed by atoms with Gasteiger partial charge in [0.15, 0.2) is 0 Å². The zero-order valence-corrected chi connectivity index (χ0v) is 10.6. The Balaban J connectivity index is 2.33. The Morgan fingerprint density at radius 1 is 1.43 bits per heavy atom. The number of hydrogen-bond donors (Lipinski definition) is 2. The van der Waals surface area contributed by atoms with Crippen molar-refractivity contribution in [3.05, 3.63) is 33.9 Å². The number of rotatable bonds is 5. The lowest BCUT2D eigenvalue weighted by Gasteiger charge is -2.16. The summed E-state index contributed by atoms with van der Waals surface area (Å²) in [5.74, 6) is -1.29. The average molecular weight is 304 g/mol. The lowest BCUT2D eigenvalue weighted by molar-refractivity contribution is -0.388. The first kappa shape index (κ1) is 15.1. The molecule has 21 heavy (non-hydrogen) atoms. The van der Waals surface area contributed by atoms with Crippen molar-refractivity contribution in [3.8, 4) is 0 Å². The van der Waals surface area contributed by atoms with Crippen LogP contribution in [0.4, 0.5) is 24.5 Å². The molecule has 1 aliphatic carbocycles. The largest absolute Gasteiger partial charge is 0.480 e. The molecule has 0 aliphatic heterocycles. The van der Waals surface area contributed by atoms with Crippen molar-refractivity contribution < 1.29 is 28.0 Å². The van der Waals surface area contributed by atoms with Gasteiger partial charge in [-0.3, -0.25) is 10.1 Å². The standard InChI is InChI=1S/C12H11F3N2O4/c13-12(14,15)8-5-7(3-4-9(8)17(20)21)16-10(11(18)19)6-1-2-6/h3-6,10,16H,1-2H2,(H,18,19). The van der Waals surface area contributed by atoms with Crippen LogP contribution in [0.5, 0.6) is 0 Å². The smallest absolute Gasteiger partial charge is 0.423 e. The van der Waals surface area contributed by atoms with E-state index in [1.807, 2.05) is 0 Å². The molecule has 2 rings (SSSR count). The number of anilines is 1. The molecule has 1 aromatic carbocycles. The zero-order valence-electron chi connectivity index (χ0n) is 10.6. The van der Waals surface area contributed by atoms with Crippen LogP contribution in [0.25, 0.3) is 0 Å². The lowest BCUT2D eigenvalue weighted by Crippen LogP contribution is -2.31. The van der Waals surface area contributed by atoms with Crippen molar-refractivity contribution in [2.45, 2.75) is 25.1 Å². The molecule has 1 saturated carbocycles. The van der Waals surface area contributed by atoms with Gasteiger partial charge in [0.05, 0.1) is 4.92 Å². The summed E-state index contributed by atoms with van der Waals surface area (Å²) in [5.41, 5.74) is -2.57. The fourth-order valence-corrected chi connectivity index (χ4v) is 2.00. The molecule has 1 unspecified atom stereocenters. The van der Waals surface area contributed by atoms with Crippen LogP contribution in [0.1, 0.15) is 18.4 Å². The van der Waals surface area contributed by atoms with E-state index in [4.69, 9.17) is 5.11 Å². The van der Waals surface area contributed by atoms with E-state index in [0.29, 0.717) is 18.9 Å². The van der Waals surface area contributed by atoms with Crippen LogP contribution < -0.4 is 5.32 Å². The third-order valence-corrected chi connectivity index (χ3v) is 3.18. The lowest BCUT2D eigenvalue weighted by atomic mass is 10.1. The number of hydrogen-bond acceptors (Lipinski definition) is 4. The van der Waals surface area contributed by atoms with Crippen molar-refractivity contribution in [2.75, 3.05) is 5.32 Å². The van der Waals surface area contributed by atoms with Crippen LogP contribution in [-0.4, -0.2) is 22.0 Å². The molecule has 0 bridgehead atoms. The molecule has 1 aromatic rings. The SMILES string of the molecule is O=C(O)C(Nc1ccc([N+](=O)[O-])c(C(F)(F)F)c1)C1CC1. The van der Waals surface area contributed by atoms with E-state index in [0.717, 1.165) is 12.1 Å². The number of halogens is 3. The maximum absolute atomic E-state index is 12.8. The number of alkyl halides is 3. The number of aliphatic carboxylic acids is 1. The van der Waals surface area contributed by atoms with Crippen molar-refractivity contribution in [2.24, 2.45) is 5.92 Å². The molecule has 1 aliphatic rings. The van der Waals surface area contributed by atoms with Crippen LogP contribution in [0.3, 0.4) is 0 Å². The van der Waals surface area contributed by atoms with Gasteiger partial charge in [0.1, 0.15) is 11.6 Å². The summed E-state index contributed by atoms with van der Waals surface area (Å²) < 4.78 is 38.4. The molecular weight excluding hydrogens is 293 g/mol. The maximum Gasteiger partial charge on any atom is 0.423 e. The molecule has 6 nitrogen and oxygen atoms in total. The van der Waals surface area contributed by atoms with Crippen LogP contribution in [0.15, 0.2) is 18.2 Å². The number of nitrogens with zero attached hydrogens (tertiary/aromatic N) is 1. The number of nitrogens with one attached hydrogen (secondary N) is 1. The molecule has 0 aromatic heterocycles. The van der Waals surface area contributed by atoms with E-state index >= 15 is 0 Å². The second-order valence-electron chi connectivity index (χ2n) is 4.78. The van der Waals surface area contributed by atoms with Gasteiger partial charge in [0.2, 0.25) is 0 Å². The van der Waals surface area contributed by atoms with E-state index in [1.165, 1.54) is 0 Å². The highest BCUT2D eigenvalue weighted by Gasteiger charge is 2.40. The second kappa shape index (κ2) is 5.23. The Labute approximate surface area is 116 Å². The molecule has 0 radical (unpaired) electrons. The van der Waals surface area contributed by atoms with E-state index in [9.17, 15) is 28.1 Å². The Morgan fingerprint density at radius 2 is 2.05 bits per heavy atom. The third-order valence-electron chi connectivity index (χ3n) is 3.18. The normalized spacial score (nSPS) is 16.3. The van der Waals surface area contributed by atoms with Gasteiger partial charge in [-0.1, -0.05) is 0 Å². The molecular formula is C12H11F3N2O4. The predicted molar refractivity (Wildman–Crippen MR) is 65.9 cm³/mol. The van der Waals surface area contributed by atoms with Gasteiger partial charge in [-0.15, -0.1) is 0 Å². The summed E-state index contributed by atoms with van der Waals surface area (Å²) in [6, 6.07) is 1.37. The topological polar surface area (TPSA) is 92.5 Å². The van der Waals surface area contributed by atoms with E-state index in [2.05, 4.69) is 5.32 Å². The van der Waals surface area contributed by atoms with Gasteiger partial charge in [0, 0.05) is 11.8 Å². The number of carbonyl (C=O) groups is 1. The van der Waals surface area contributed by atoms with Gasteiger partial charge < -0.3 is 10.4 Å². The number of benzene rings is 1. The first-order valence-electron chi connectivity index (χ1n) is 6.05. The Morgan fingerprint density at radius 3 is 2.48 bits per heavy atom. The van der Waals surface area contributed by atoms with Crippen molar-refractivity contribution in [1.82, 2.24) is 0 Å². The monoisotopic (exact) mass is 304 g/mol. The van der Waals surface area contributed by atoms with Crippen LogP contribution in [-0.2, 0) is 11.0 Å². The third kappa shape index (κ3) is 3.41. The summed E-state index contributed by atoms with van der Waals surface area (Å²) >= 11 is 0. The minimum absolute atomic E-state index is 0.104. The maximum atomic E-state index is 12.8. The molecule has 0 saturated heterocycles. The van der Waals surface area contributed by atoms with Gasteiger partial charge in [-0.25, -0.2) is 4.79 Å². The summed E-state index contributed by atoms with van der Waals surface area (Å²) in [6.45, 7) is 0. The first-order valence-corrected chi connectivity index (χ1v) is 6.05. The Bertz CT molecular complexity index is 584. The molecule has 1 atom stereocenters. The number of nitro benzene ring substituents is 1. The Hall–Kier alpha value is -2.32. The molecule has 1 fully saturated rings. The number of nitro groups is 1. The summed E-state index contributed by atoms with van der Waals surface area (Å²) in [4.78, 5) is 20.5. The Kier molecular flexibility index (Phi) is 3.75. The van der Waals surface area contributed by atoms with Gasteiger partial charge in [-0.2, -0.15) is 13.2 Å². The highest BCUT2D eigenvalue weighted by Crippen LogP contribution is 2.39. The van der Waals surface area contributed by atoms with E-state index in [1.54, 1.807) is 0 Å². The van der Waals surface area contributed by atoms with Gasteiger partial charge >= 0.3 is 12.1 Å². The highest BCUT2D eigenvalue weighted by molar-refractivity contribution is 5.78. The molecule has 0 amide bonds. The molecule has 2 N–H and O–H groups in total. The quantitative estimate of drug-likeness (QED) is 0.644. The minimum Gasteiger partial charge on any atom is -0.480 e. The minimum atomic E-state index is -4.89. The summed E-state index contributed by atoms with van der Waals surface area (Å²) in [6.07, 6.45) is -3.52. The van der Waals surface area contributed by atoms with E-state index < -0.39 is 34.4 Å². The highest BCUT2D eigenvalue weighted by atomic mass is 19.4. The fraction of sp³-hybridized carbons (Fsp3) is 0.417. The first-order chi connectivity index (χ1) is 9.70. The van der Waals surface area contributed by atoms with Crippen molar-refractivity contribution >= 4 is 17.3 Å². The molecule has 114 valence electrons. The molecule has 9 heteroatoms.